The van der Waals surface area contributed by atoms with Crippen LogP contribution in [0.4, 0.5) is 0 Å². The highest BCUT2D eigenvalue weighted by Crippen LogP contribution is 2.22. The van der Waals surface area contributed by atoms with E-state index in [9.17, 15) is 72.5 Å². The summed E-state index contributed by atoms with van der Waals surface area (Å²) in [6.07, 6.45) is 0.239. The van der Waals surface area contributed by atoms with Crippen LogP contribution in [-0.4, -0.2) is 221 Å². The molecular formula is C54H84N20O15S2. The molecule has 25 N–H and O–H groups in total. The molecule has 2 aliphatic rings. The van der Waals surface area contributed by atoms with E-state index in [-0.39, 0.29) is 102 Å². The number of aliphatic hydroxyl groups excluding tert-OH is 1. The number of aromatic nitrogens is 1. The highest BCUT2D eigenvalue weighted by Gasteiger charge is 2.41. The van der Waals surface area contributed by atoms with Gasteiger partial charge in [-0.15, -0.1) is 0 Å². The molecule has 0 saturated carbocycles. The number of aromatic amines is 1. The number of amides is 12. The van der Waals surface area contributed by atoms with Crippen molar-refractivity contribution in [2.75, 3.05) is 51.3 Å². The number of guanidine groups is 2. The molecule has 1 aromatic heterocycles. The van der Waals surface area contributed by atoms with Gasteiger partial charge in [-0.05, 0) is 82.1 Å². The first-order valence-electron chi connectivity index (χ1n) is 29.2. The molecule has 502 valence electrons. The van der Waals surface area contributed by atoms with E-state index in [4.69, 9.17) is 33.8 Å². The Bertz CT molecular complexity index is 2920. The predicted molar refractivity (Wildman–Crippen MR) is 333 cm³/mol. The average Bonchev–Trinajstić information content (AvgIpc) is 3.28. The lowest BCUT2D eigenvalue weighted by atomic mass is 10.0. The number of H-pyrrole nitrogens is 1. The van der Waals surface area contributed by atoms with E-state index < -0.39 is 169 Å². The Hall–Kier alpha value is -8.97. The molecule has 2 fully saturated rings. The van der Waals surface area contributed by atoms with Crippen molar-refractivity contribution in [1.29, 1.82) is 10.8 Å². The number of para-hydroxylation sites is 1. The molecule has 1 aromatic carbocycles. The number of nitrogens with one attached hydrogen (secondary N) is 15. The Morgan fingerprint density at radius 3 is 2.00 bits per heavy atom. The third kappa shape index (κ3) is 25.1. The van der Waals surface area contributed by atoms with Crippen molar-refractivity contribution in [3.05, 3.63) is 36.0 Å². The minimum atomic E-state index is -1.87. The number of aliphatic hydroxyl groups is 1. The van der Waals surface area contributed by atoms with Crippen LogP contribution in [0.2, 0.25) is 0 Å². The maximum atomic E-state index is 14.6. The molecular weight excluding hydrogens is 1230 g/mol. The Labute approximate surface area is 531 Å². The molecule has 2 saturated heterocycles. The number of nitrogens with two attached hydrogens (primary N) is 4. The molecule has 0 bridgehead atoms. The molecule has 12 amide bonds. The number of carbonyl (C=O) groups excluding carboxylic acids is 12. The SMILES string of the molecule is CSSC[C@@H]1NC(=O)[C@@H](NC(=O)CN)CCCCC(C(=O)N[C@@H](C)C(=O)N[C@@H](Cc2cc3ccccc3[nH]2)C(=O)N[C@@H](CCCNC(=N)N)C(=O)NCC(N)=O)NC(=O)[C@H](CCCNC(=N)N)NC(=O)C2CCCN2C(=O)[C@H](CC(=O)O)NC(=O)[C@H](CO)NC1=O. The summed E-state index contributed by atoms with van der Waals surface area (Å²) in [6.45, 7) is -0.920. The largest absolute Gasteiger partial charge is 0.481 e. The molecule has 35 nitrogen and oxygen atoms in total. The van der Waals surface area contributed by atoms with Gasteiger partial charge >= 0.3 is 5.97 Å². The zero-order valence-corrected chi connectivity index (χ0v) is 52.0. The standard InChI is InChI=1S/C54H84N20O15S2/c1-27(43(80)70-35(21-29-20-28-10-3-4-11-30(28)65-29)48(85)67-31(14-7-17-61-53(57)58)44(81)63-24-40(56)76)64-45(82)33-13-6-5-12-32(66-41(77)23-55)46(83)73-38(26-91-90-2)50(87)72-37(25-75)49(86)71-36(22-42(78)79)52(89)74-19-9-16-39(74)51(88)69-34(47(84)68-33)15-8-18-62-54(59)60/h3-4,10-11,20,27,31-39,65,75H,5-9,12-19,21-26,55H2,1-2H3,(H2,56,76)(H,63,81)(H,64,82)(H,66,77)(H,67,85)(H,68,84)(H,69,88)(H,70,80)(H,71,86)(H,72,87)(H,73,83)(H,78,79)(H4,57,58,61)(H4,59,60,62)/t27-,31-,32-,33?,34-,35-,36-,37-,38-,39?/m0/s1. The number of benzene rings is 1. The highest BCUT2D eigenvalue weighted by molar-refractivity contribution is 8.76. The second-order valence-corrected chi connectivity index (χ2v) is 24.0. The zero-order valence-electron chi connectivity index (χ0n) is 50.4. The van der Waals surface area contributed by atoms with Crippen LogP contribution < -0.4 is 86.7 Å². The molecule has 0 spiro atoms. The fourth-order valence-electron chi connectivity index (χ4n) is 9.75. The minimum absolute atomic E-state index is 0.00315. The van der Waals surface area contributed by atoms with Crippen LogP contribution in [0.25, 0.3) is 10.9 Å². The van der Waals surface area contributed by atoms with Crippen LogP contribution in [0.3, 0.4) is 0 Å². The lowest BCUT2D eigenvalue weighted by molar-refractivity contribution is -0.146. The summed E-state index contributed by atoms with van der Waals surface area (Å²) in [5, 5.41) is 66.2. The molecule has 0 radical (unpaired) electrons. The van der Waals surface area contributed by atoms with Crippen LogP contribution in [0.1, 0.15) is 83.2 Å². The Balaban J connectivity index is 1.75. The summed E-state index contributed by atoms with van der Waals surface area (Å²) >= 11 is 0. The Morgan fingerprint density at radius 2 is 1.35 bits per heavy atom. The van der Waals surface area contributed by atoms with E-state index in [2.05, 4.69) is 68.8 Å². The predicted octanol–water partition coefficient (Wildman–Crippen LogP) is -6.78. The number of hydrogen-bond donors (Lipinski definition) is 21. The van der Waals surface area contributed by atoms with Gasteiger partial charge in [0.2, 0.25) is 70.9 Å². The van der Waals surface area contributed by atoms with Crippen molar-refractivity contribution in [2.45, 2.75) is 144 Å². The van der Waals surface area contributed by atoms with Crippen molar-refractivity contribution >= 4 is 121 Å². The van der Waals surface area contributed by atoms with E-state index in [1.165, 1.54) is 17.7 Å². The fourth-order valence-corrected chi connectivity index (χ4v) is 11.1. The topological polar surface area (TPSA) is 578 Å². The van der Waals surface area contributed by atoms with Crippen molar-refractivity contribution in [3.8, 4) is 0 Å². The molecule has 2 aromatic rings. The second kappa shape index (κ2) is 37.9. The Morgan fingerprint density at radius 1 is 0.725 bits per heavy atom. The van der Waals surface area contributed by atoms with Gasteiger partial charge in [-0.1, -0.05) is 52.6 Å². The Kier molecular flexibility index (Phi) is 31.0. The summed E-state index contributed by atoms with van der Waals surface area (Å²) in [7, 11) is 2.32. The van der Waals surface area contributed by atoms with Gasteiger partial charge in [0.05, 0.1) is 26.1 Å². The van der Waals surface area contributed by atoms with Gasteiger partial charge in [0.25, 0.3) is 0 Å². The number of fused-ring (bicyclic) bond motifs is 2. The number of rotatable bonds is 27. The van der Waals surface area contributed by atoms with E-state index in [0.717, 1.165) is 21.1 Å². The average molecular weight is 1320 g/mol. The van der Waals surface area contributed by atoms with Crippen molar-refractivity contribution in [1.82, 2.24) is 73.7 Å². The first-order valence-corrected chi connectivity index (χ1v) is 32.0. The number of aliphatic carboxylic acids is 1. The van der Waals surface area contributed by atoms with Gasteiger partial charge < -0.3 is 107 Å². The number of carbonyl (C=O) groups is 13. The van der Waals surface area contributed by atoms with Gasteiger partial charge in [-0.25, -0.2) is 0 Å². The lowest BCUT2D eigenvalue weighted by Gasteiger charge is -2.30. The summed E-state index contributed by atoms with van der Waals surface area (Å²) in [5.41, 5.74) is 22.9. The quantitative estimate of drug-likeness (QED) is 0.0171. The van der Waals surface area contributed by atoms with E-state index in [1.54, 1.807) is 36.6 Å². The van der Waals surface area contributed by atoms with Crippen LogP contribution >= 0.6 is 21.6 Å². The maximum Gasteiger partial charge on any atom is 0.305 e. The van der Waals surface area contributed by atoms with Crippen molar-refractivity contribution in [2.24, 2.45) is 22.9 Å². The molecule has 0 aliphatic carbocycles. The smallest absolute Gasteiger partial charge is 0.305 e. The van der Waals surface area contributed by atoms with E-state index >= 15 is 0 Å². The van der Waals surface area contributed by atoms with Gasteiger partial charge in [0, 0.05) is 43.0 Å². The first-order chi connectivity index (χ1) is 43.2. The number of carboxylic acid groups (broad SMARTS) is 1. The van der Waals surface area contributed by atoms with E-state index in [0.29, 0.717) is 11.2 Å². The number of nitrogens with zero attached hydrogens (tertiary/aromatic N) is 1. The molecule has 37 heteroatoms. The highest BCUT2D eigenvalue weighted by atomic mass is 33.1. The molecule has 3 heterocycles. The number of carboxylic acids is 1. The van der Waals surface area contributed by atoms with Gasteiger partial charge in [0.15, 0.2) is 11.9 Å². The van der Waals surface area contributed by atoms with Gasteiger partial charge in [0.1, 0.15) is 60.4 Å². The maximum absolute atomic E-state index is 14.6. The van der Waals surface area contributed by atoms with Crippen LogP contribution in [0.5, 0.6) is 0 Å². The molecule has 2 aliphatic heterocycles. The minimum Gasteiger partial charge on any atom is -0.481 e. The molecule has 10 atom stereocenters. The first kappa shape index (κ1) is 74.5. The van der Waals surface area contributed by atoms with E-state index in [1.807, 2.05) is 0 Å². The van der Waals surface area contributed by atoms with Crippen LogP contribution in [0, 0.1) is 10.8 Å². The summed E-state index contributed by atoms with van der Waals surface area (Å²) in [6, 6.07) is -6.33. The normalized spacial score (nSPS) is 21.5. The second-order valence-electron chi connectivity index (χ2n) is 21.4. The summed E-state index contributed by atoms with van der Waals surface area (Å²) in [5.74, 6) is -13.7. The molecule has 2 unspecified atom stereocenters. The number of primary amides is 1. The lowest BCUT2D eigenvalue weighted by Crippen LogP contribution is -2.61. The third-order valence-corrected chi connectivity index (χ3v) is 16.2. The third-order valence-electron chi connectivity index (χ3n) is 14.4. The fraction of sp³-hybridized carbons (Fsp3) is 0.574. The van der Waals surface area contributed by atoms with Gasteiger partial charge in [-0.2, -0.15) is 0 Å². The van der Waals surface area contributed by atoms with Gasteiger partial charge in [-0.3, -0.25) is 73.1 Å². The zero-order chi connectivity index (χ0) is 67.3. The molecule has 4 rings (SSSR count). The summed E-state index contributed by atoms with van der Waals surface area (Å²) < 4.78 is 0. The van der Waals surface area contributed by atoms with Crippen LogP contribution in [-0.2, 0) is 68.7 Å². The summed E-state index contributed by atoms with van der Waals surface area (Å²) in [4.78, 5) is 182. The van der Waals surface area contributed by atoms with Crippen LogP contribution in [0.15, 0.2) is 30.3 Å². The van der Waals surface area contributed by atoms with Crippen molar-refractivity contribution < 1.29 is 72.5 Å². The number of hydrogen-bond acceptors (Lipinski definition) is 19. The van der Waals surface area contributed by atoms with Crippen molar-refractivity contribution in [3.63, 3.8) is 0 Å². The monoisotopic (exact) mass is 1320 g/mol. The molecule has 91 heavy (non-hydrogen) atoms.